The van der Waals surface area contributed by atoms with E-state index in [1.807, 2.05) is 25.3 Å². The first-order valence-corrected chi connectivity index (χ1v) is 12.3. The molecule has 0 radical (unpaired) electrons. The predicted molar refractivity (Wildman–Crippen MR) is 116 cm³/mol. The van der Waals surface area contributed by atoms with Crippen LogP contribution in [0.1, 0.15) is 64.3 Å². The third-order valence-corrected chi connectivity index (χ3v) is 8.63. The van der Waals surface area contributed by atoms with Crippen LogP contribution in [0.25, 0.3) is 11.4 Å². The number of thioether (sulfide) groups is 1. The summed E-state index contributed by atoms with van der Waals surface area (Å²) in [4.78, 5) is 17.4. The van der Waals surface area contributed by atoms with Crippen LogP contribution in [0.4, 0.5) is 0 Å². The summed E-state index contributed by atoms with van der Waals surface area (Å²) in [5, 5.41) is 13.1. The van der Waals surface area contributed by atoms with Crippen molar-refractivity contribution in [2.75, 3.05) is 0 Å². The van der Waals surface area contributed by atoms with E-state index in [-0.39, 0.29) is 16.7 Å². The Labute approximate surface area is 181 Å². The Hall–Kier alpha value is -1.89. The maximum absolute atomic E-state index is 13.2. The van der Waals surface area contributed by atoms with E-state index in [1.165, 1.54) is 38.5 Å². The van der Waals surface area contributed by atoms with E-state index in [0.717, 1.165) is 47.1 Å². The second kappa shape index (κ2) is 7.08. The van der Waals surface area contributed by atoms with Crippen molar-refractivity contribution in [1.82, 2.24) is 25.1 Å². The number of amides is 1. The molecule has 5 fully saturated rings. The second-order valence-corrected chi connectivity index (χ2v) is 11.4. The van der Waals surface area contributed by atoms with Gasteiger partial charge in [-0.3, -0.25) is 14.3 Å². The molecule has 2 heterocycles. The van der Waals surface area contributed by atoms with Crippen LogP contribution in [0.2, 0.25) is 0 Å². The van der Waals surface area contributed by atoms with Crippen LogP contribution in [-0.2, 0) is 4.79 Å². The van der Waals surface area contributed by atoms with Crippen molar-refractivity contribution in [3.63, 3.8) is 0 Å². The van der Waals surface area contributed by atoms with Crippen molar-refractivity contribution in [1.29, 1.82) is 0 Å². The number of hydrogen-bond acceptors (Lipinski definition) is 5. The lowest BCUT2D eigenvalue weighted by atomic mass is 9.53. The van der Waals surface area contributed by atoms with Crippen molar-refractivity contribution in [3.8, 4) is 11.4 Å². The molecule has 0 aliphatic heterocycles. The van der Waals surface area contributed by atoms with Gasteiger partial charge >= 0.3 is 0 Å². The zero-order valence-corrected chi connectivity index (χ0v) is 18.3. The van der Waals surface area contributed by atoms with E-state index >= 15 is 0 Å². The van der Waals surface area contributed by atoms with Gasteiger partial charge < -0.3 is 5.32 Å². The molecule has 0 spiro atoms. The minimum atomic E-state index is -0.179. The molecule has 7 heteroatoms. The Balaban J connectivity index is 1.19. The van der Waals surface area contributed by atoms with Crippen LogP contribution in [0.15, 0.2) is 29.7 Å². The molecule has 7 rings (SSSR count). The fourth-order valence-electron chi connectivity index (χ4n) is 6.55. The number of carbonyl (C=O) groups is 1. The Kier molecular flexibility index (Phi) is 4.44. The zero-order chi connectivity index (χ0) is 20.3. The lowest BCUT2D eigenvalue weighted by Crippen LogP contribution is -2.60. The van der Waals surface area contributed by atoms with Gasteiger partial charge in [0, 0.05) is 29.5 Å². The Morgan fingerprint density at radius 1 is 1.17 bits per heavy atom. The van der Waals surface area contributed by atoms with Gasteiger partial charge in [0.15, 0.2) is 11.0 Å². The maximum atomic E-state index is 13.2. The van der Waals surface area contributed by atoms with E-state index < -0.39 is 0 Å². The highest BCUT2D eigenvalue weighted by molar-refractivity contribution is 8.00. The molecule has 1 amide bonds. The highest BCUT2D eigenvalue weighted by Crippen LogP contribution is 2.55. The monoisotopic (exact) mass is 423 g/mol. The van der Waals surface area contributed by atoms with E-state index in [1.54, 1.807) is 18.0 Å². The van der Waals surface area contributed by atoms with E-state index in [0.29, 0.717) is 6.04 Å². The number of hydrogen-bond donors (Lipinski definition) is 1. The molecule has 1 atom stereocenters. The van der Waals surface area contributed by atoms with Gasteiger partial charge in [0.25, 0.3) is 0 Å². The van der Waals surface area contributed by atoms with Gasteiger partial charge in [-0.15, -0.1) is 10.2 Å². The molecule has 5 aliphatic rings. The summed E-state index contributed by atoms with van der Waals surface area (Å²) < 4.78 is 2.22. The van der Waals surface area contributed by atoms with Gasteiger partial charge in [0.2, 0.25) is 5.91 Å². The van der Waals surface area contributed by atoms with Crippen molar-refractivity contribution in [2.24, 2.45) is 17.8 Å². The lowest BCUT2D eigenvalue weighted by molar-refractivity contribution is -0.126. The summed E-state index contributed by atoms with van der Waals surface area (Å²) in [5.74, 6) is 3.52. The SMILES string of the molecule is C[C@H](Sc1nnc(-c2cccnc2)n1C1CC1)C(=O)NC12CC3CC(CC(C3)C1)C2. The molecule has 30 heavy (non-hydrogen) atoms. The largest absolute Gasteiger partial charge is 0.350 e. The van der Waals surface area contributed by atoms with Gasteiger partial charge in [-0.05, 0) is 88.2 Å². The Morgan fingerprint density at radius 2 is 1.87 bits per heavy atom. The normalized spacial score (nSPS) is 32.9. The summed E-state index contributed by atoms with van der Waals surface area (Å²) in [6, 6.07) is 4.39. The zero-order valence-electron chi connectivity index (χ0n) is 17.5. The highest BCUT2D eigenvalue weighted by atomic mass is 32.2. The van der Waals surface area contributed by atoms with Crippen LogP contribution < -0.4 is 5.32 Å². The Morgan fingerprint density at radius 3 is 2.47 bits per heavy atom. The van der Waals surface area contributed by atoms with Crippen LogP contribution in [0, 0.1) is 17.8 Å². The number of nitrogens with one attached hydrogen (secondary N) is 1. The van der Waals surface area contributed by atoms with Crippen LogP contribution >= 0.6 is 11.8 Å². The molecule has 158 valence electrons. The summed E-state index contributed by atoms with van der Waals surface area (Å²) in [7, 11) is 0. The fraction of sp³-hybridized carbons (Fsp3) is 0.652. The van der Waals surface area contributed by atoms with Gasteiger partial charge in [-0.25, -0.2) is 0 Å². The number of nitrogens with zero attached hydrogens (tertiary/aromatic N) is 4. The summed E-state index contributed by atoms with van der Waals surface area (Å²) >= 11 is 1.55. The minimum absolute atomic E-state index is 0.0612. The molecular weight excluding hydrogens is 394 g/mol. The fourth-order valence-corrected chi connectivity index (χ4v) is 7.47. The van der Waals surface area contributed by atoms with Crippen molar-refractivity contribution < 1.29 is 4.79 Å². The van der Waals surface area contributed by atoms with E-state index in [9.17, 15) is 4.79 Å². The summed E-state index contributed by atoms with van der Waals surface area (Å²) in [6.07, 6.45) is 13.6. The van der Waals surface area contributed by atoms with Crippen molar-refractivity contribution >= 4 is 17.7 Å². The topological polar surface area (TPSA) is 72.7 Å². The summed E-state index contributed by atoms with van der Waals surface area (Å²) in [6.45, 7) is 2.01. The smallest absolute Gasteiger partial charge is 0.233 e. The molecule has 6 nitrogen and oxygen atoms in total. The minimum Gasteiger partial charge on any atom is -0.350 e. The maximum Gasteiger partial charge on any atom is 0.233 e. The molecule has 2 aromatic heterocycles. The summed E-state index contributed by atoms with van der Waals surface area (Å²) in [5.41, 5.74) is 1.04. The molecule has 4 bridgehead atoms. The van der Waals surface area contributed by atoms with Gasteiger partial charge in [0.1, 0.15) is 0 Å². The van der Waals surface area contributed by atoms with Gasteiger partial charge in [-0.1, -0.05) is 11.8 Å². The third-order valence-electron chi connectivity index (χ3n) is 7.57. The van der Waals surface area contributed by atoms with Crippen molar-refractivity contribution in [3.05, 3.63) is 24.5 Å². The molecule has 0 aromatic carbocycles. The highest BCUT2D eigenvalue weighted by Gasteiger charge is 2.51. The quantitative estimate of drug-likeness (QED) is 0.704. The predicted octanol–water partition coefficient (Wildman–Crippen LogP) is 4.24. The third kappa shape index (κ3) is 3.35. The van der Waals surface area contributed by atoms with Crippen LogP contribution in [-0.4, -0.2) is 36.4 Å². The van der Waals surface area contributed by atoms with Crippen LogP contribution in [0.3, 0.4) is 0 Å². The molecule has 0 saturated heterocycles. The molecule has 0 unspecified atom stereocenters. The first kappa shape index (κ1) is 18.8. The van der Waals surface area contributed by atoms with Crippen LogP contribution in [0.5, 0.6) is 0 Å². The van der Waals surface area contributed by atoms with Gasteiger partial charge in [-0.2, -0.15) is 0 Å². The number of aromatic nitrogens is 4. The Bertz CT molecular complexity index is 918. The molecular formula is C23H29N5OS. The first-order valence-electron chi connectivity index (χ1n) is 11.4. The lowest BCUT2D eigenvalue weighted by Gasteiger charge is -2.57. The molecule has 2 aromatic rings. The van der Waals surface area contributed by atoms with Gasteiger partial charge in [0.05, 0.1) is 5.25 Å². The standard InChI is InChI=1S/C23H29N5OS/c1-14(21(29)25-23-10-15-7-16(11-23)9-17(8-15)12-23)30-22-27-26-20(28(22)19-4-5-19)18-3-2-6-24-13-18/h2-3,6,13-17,19H,4-5,7-12H2,1H3,(H,25,29)/t14-,15?,16?,17?,23?/m0/s1. The molecule has 1 N–H and O–H groups in total. The average molecular weight is 424 g/mol. The van der Waals surface area contributed by atoms with Crippen molar-refractivity contribution in [2.45, 2.75) is 80.3 Å². The number of pyridine rings is 1. The first-order chi connectivity index (χ1) is 14.6. The number of carbonyl (C=O) groups excluding carboxylic acids is 1. The van der Waals surface area contributed by atoms with E-state index in [2.05, 4.69) is 25.1 Å². The van der Waals surface area contributed by atoms with E-state index in [4.69, 9.17) is 0 Å². The number of rotatable bonds is 6. The average Bonchev–Trinajstić information content (AvgIpc) is 3.47. The molecule has 5 saturated carbocycles. The molecule has 5 aliphatic carbocycles. The second-order valence-electron chi connectivity index (χ2n) is 10.1.